The molecule has 0 aliphatic carbocycles. The van der Waals surface area contributed by atoms with Crippen LogP contribution in [0.4, 0.5) is 5.82 Å². The van der Waals surface area contributed by atoms with E-state index in [1.165, 1.54) is 0 Å². The molecule has 1 atom stereocenters. The highest BCUT2D eigenvalue weighted by molar-refractivity contribution is 9.10. The minimum atomic E-state index is -0.592. The lowest BCUT2D eigenvalue weighted by molar-refractivity contribution is -0.122. The number of nitrogens with one attached hydrogen (secondary N) is 1. The van der Waals surface area contributed by atoms with E-state index in [2.05, 4.69) is 26.4 Å². The summed E-state index contributed by atoms with van der Waals surface area (Å²) in [4.78, 5) is 12.1. The van der Waals surface area contributed by atoms with Crippen molar-refractivity contribution in [2.75, 3.05) is 5.32 Å². The summed E-state index contributed by atoms with van der Waals surface area (Å²) in [7, 11) is 0. The number of benzene rings is 1. The molecule has 1 aromatic heterocycles. The van der Waals surface area contributed by atoms with Crippen LogP contribution in [0.15, 0.2) is 39.3 Å². The summed E-state index contributed by atoms with van der Waals surface area (Å²) in [5.41, 5.74) is 0. The quantitative estimate of drug-likeness (QED) is 0.905. The first kappa shape index (κ1) is 14.6. The summed E-state index contributed by atoms with van der Waals surface area (Å²) >= 11 is 3.39. The largest absolute Gasteiger partial charge is 0.479 e. The van der Waals surface area contributed by atoms with E-state index in [0.29, 0.717) is 23.7 Å². The van der Waals surface area contributed by atoms with Gasteiger partial charge in [0.25, 0.3) is 5.91 Å². The Morgan fingerprint density at radius 2 is 2.25 bits per heavy atom. The maximum absolute atomic E-state index is 12.1. The van der Waals surface area contributed by atoms with E-state index in [0.717, 1.165) is 4.47 Å². The van der Waals surface area contributed by atoms with Gasteiger partial charge < -0.3 is 14.6 Å². The Kier molecular flexibility index (Phi) is 4.79. The van der Waals surface area contributed by atoms with E-state index >= 15 is 0 Å². The molecule has 0 radical (unpaired) electrons. The van der Waals surface area contributed by atoms with Gasteiger partial charge in [0.05, 0.1) is 4.47 Å². The number of halogens is 1. The van der Waals surface area contributed by atoms with E-state index in [-0.39, 0.29) is 5.91 Å². The van der Waals surface area contributed by atoms with Crippen molar-refractivity contribution in [2.45, 2.75) is 26.4 Å². The third kappa shape index (κ3) is 3.60. The van der Waals surface area contributed by atoms with Crippen LogP contribution < -0.4 is 10.1 Å². The maximum Gasteiger partial charge on any atom is 0.266 e. The van der Waals surface area contributed by atoms with Gasteiger partial charge in [-0.3, -0.25) is 4.79 Å². The van der Waals surface area contributed by atoms with Gasteiger partial charge in [0.2, 0.25) is 0 Å². The number of nitrogens with zero attached hydrogens (tertiary/aromatic N) is 1. The third-order valence-corrected chi connectivity index (χ3v) is 3.30. The van der Waals surface area contributed by atoms with Gasteiger partial charge in [-0.1, -0.05) is 24.2 Å². The fourth-order valence-electron chi connectivity index (χ4n) is 1.65. The van der Waals surface area contributed by atoms with Gasteiger partial charge in [0.1, 0.15) is 11.5 Å². The smallest absolute Gasteiger partial charge is 0.266 e. The molecule has 1 aromatic carbocycles. The van der Waals surface area contributed by atoms with Gasteiger partial charge in [-0.05, 0) is 41.4 Å². The summed E-state index contributed by atoms with van der Waals surface area (Å²) in [6.07, 6.45) is -0.0463. The first-order valence-electron chi connectivity index (χ1n) is 6.25. The maximum atomic E-state index is 12.1. The average Bonchev–Trinajstić information content (AvgIpc) is 2.83. The predicted octanol–water partition coefficient (Wildman–Crippen LogP) is 3.54. The van der Waals surface area contributed by atoms with E-state index < -0.39 is 6.10 Å². The topological polar surface area (TPSA) is 64.4 Å². The van der Waals surface area contributed by atoms with Crippen molar-refractivity contribution < 1.29 is 14.1 Å². The molecule has 0 bridgehead atoms. The first-order chi connectivity index (χ1) is 9.60. The van der Waals surface area contributed by atoms with Crippen molar-refractivity contribution >= 4 is 27.7 Å². The van der Waals surface area contributed by atoms with Crippen LogP contribution in [0.25, 0.3) is 0 Å². The van der Waals surface area contributed by atoms with E-state index in [1.54, 1.807) is 19.1 Å². The summed E-state index contributed by atoms with van der Waals surface area (Å²) < 4.78 is 11.4. The molecule has 6 heteroatoms. The van der Waals surface area contributed by atoms with Crippen LogP contribution in [0.1, 0.15) is 19.1 Å². The van der Waals surface area contributed by atoms with Gasteiger partial charge in [-0.2, -0.15) is 0 Å². The lowest BCUT2D eigenvalue weighted by atomic mass is 10.2. The molecule has 106 valence electrons. The molecule has 0 spiro atoms. The monoisotopic (exact) mass is 338 g/mol. The standard InChI is InChI=1S/C14H15BrN2O3/c1-3-11(19-12-7-5-4-6-10(12)15)14(18)16-13-8-9(2)20-17-13/h4-8,11H,3H2,1-2H3,(H,16,17,18)/t11-/m0/s1. The third-order valence-electron chi connectivity index (χ3n) is 2.65. The molecule has 0 fully saturated rings. The number of para-hydroxylation sites is 1. The Morgan fingerprint density at radius 1 is 1.50 bits per heavy atom. The van der Waals surface area contributed by atoms with Gasteiger partial charge in [-0.25, -0.2) is 0 Å². The van der Waals surface area contributed by atoms with Gasteiger partial charge in [-0.15, -0.1) is 0 Å². The fraction of sp³-hybridized carbons (Fsp3) is 0.286. The summed E-state index contributed by atoms with van der Waals surface area (Å²) in [6.45, 7) is 3.65. The Morgan fingerprint density at radius 3 is 2.85 bits per heavy atom. The molecule has 5 nitrogen and oxygen atoms in total. The normalized spacial score (nSPS) is 11.9. The van der Waals surface area contributed by atoms with Crippen molar-refractivity contribution in [3.05, 3.63) is 40.6 Å². The van der Waals surface area contributed by atoms with Crippen LogP contribution in [-0.2, 0) is 4.79 Å². The first-order valence-corrected chi connectivity index (χ1v) is 7.04. The number of hydrogen-bond donors (Lipinski definition) is 1. The molecular weight excluding hydrogens is 324 g/mol. The summed E-state index contributed by atoms with van der Waals surface area (Å²) in [5.74, 6) is 1.41. The number of carbonyl (C=O) groups is 1. The molecule has 1 amide bonds. The van der Waals surface area contributed by atoms with Crippen molar-refractivity contribution in [3.63, 3.8) is 0 Å². The number of amides is 1. The van der Waals surface area contributed by atoms with Crippen LogP contribution in [0.5, 0.6) is 5.75 Å². The van der Waals surface area contributed by atoms with Crippen molar-refractivity contribution in [1.29, 1.82) is 0 Å². The summed E-state index contributed by atoms with van der Waals surface area (Å²) in [6, 6.07) is 9.06. The molecule has 2 aromatic rings. The molecule has 1 N–H and O–H groups in total. The molecule has 2 rings (SSSR count). The average molecular weight is 339 g/mol. The molecule has 1 heterocycles. The highest BCUT2D eigenvalue weighted by Crippen LogP contribution is 2.25. The second kappa shape index (κ2) is 6.56. The van der Waals surface area contributed by atoms with E-state index in [1.807, 2.05) is 25.1 Å². The molecule has 20 heavy (non-hydrogen) atoms. The minimum Gasteiger partial charge on any atom is -0.479 e. The van der Waals surface area contributed by atoms with E-state index in [4.69, 9.17) is 9.26 Å². The van der Waals surface area contributed by atoms with Crippen molar-refractivity contribution in [1.82, 2.24) is 5.16 Å². The van der Waals surface area contributed by atoms with Crippen LogP contribution in [0, 0.1) is 6.92 Å². The number of hydrogen-bond acceptors (Lipinski definition) is 4. The zero-order valence-electron chi connectivity index (χ0n) is 11.2. The number of rotatable bonds is 5. The number of aromatic nitrogens is 1. The van der Waals surface area contributed by atoms with Gasteiger partial charge in [0.15, 0.2) is 11.9 Å². The molecular formula is C14H15BrN2O3. The number of anilines is 1. The Labute approximate surface area is 125 Å². The zero-order valence-corrected chi connectivity index (χ0v) is 12.8. The fourth-order valence-corrected chi connectivity index (χ4v) is 2.03. The van der Waals surface area contributed by atoms with E-state index in [9.17, 15) is 4.79 Å². The van der Waals surface area contributed by atoms with Crippen molar-refractivity contribution in [3.8, 4) is 5.75 Å². The highest BCUT2D eigenvalue weighted by Gasteiger charge is 2.20. The zero-order chi connectivity index (χ0) is 14.5. The Bertz CT molecular complexity index is 598. The van der Waals surface area contributed by atoms with Crippen molar-refractivity contribution in [2.24, 2.45) is 0 Å². The summed E-state index contributed by atoms with van der Waals surface area (Å²) in [5, 5.41) is 6.39. The molecule has 0 aliphatic heterocycles. The Balaban J connectivity index is 2.04. The molecule has 0 aliphatic rings. The highest BCUT2D eigenvalue weighted by atomic mass is 79.9. The lowest BCUT2D eigenvalue weighted by Gasteiger charge is -2.17. The lowest BCUT2D eigenvalue weighted by Crippen LogP contribution is -2.32. The predicted molar refractivity (Wildman–Crippen MR) is 78.7 cm³/mol. The van der Waals surface area contributed by atoms with Gasteiger partial charge >= 0.3 is 0 Å². The number of ether oxygens (including phenoxy) is 1. The van der Waals surface area contributed by atoms with Crippen LogP contribution in [-0.4, -0.2) is 17.2 Å². The number of aryl methyl sites for hydroxylation is 1. The second-order valence-corrected chi connectivity index (χ2v) is 5.11. The molecule has 0 saturated carbocycles. The SMILES string of the molecule is CC[C@H](Oc1ccccc1Br)C(=O)Nc1cc(C)on1. The van der Waals surface area contributed by atoms with Gasteiger partial charge in [0, 0.05) is 6.07 Å². The number of carbonyl (C=O) groups excluding carboxylic acids is 1. The van der Waals surface area contributed by atoms with Crippen LogP contribution >= 0.6 is 15.9 Å². The molecule has 0 saturated heterocycles. The molecule has 0 unspecified atom stereocenters. The Hall–Kier alpha value is -1.82. The van der Waals surface area contributed by atoms with Crippen LogP contribution in [0.3, 0.4) is 0 Å². The minimum absolute atomic E-state index is 0.253. The second-order valence-electron chi connectivity index (χ2n) is 4.26. The van der Waals surface area contributed by atoms with Crippen LogP contribution in [0.2, 0.25) is 0 Å².